The first-order valence-corrected chi connectivity index (χ1v) is 6.71. The minimum absolute atomic E-state index is 0.379. The first-order chi connectivity index (χ1) is 7.40. The smallest absolute Gasteiger partial charge is 0.0622 e. The van der Waals surface area contributed by atoms with Gasteiger partial charge in [-0.25, -0.2) is 0 Å². The summed E-state index contributed by atoms with van der Waals surface area (Å²) in [6.07, 6.45) is 2.34. The lowest BCUT2D eigenvalue weighted by molar-refractivity contribution is 0.0771. The SMILES string of the molecule is CCNC(COCCC(C)(C)C)C(C)CC. The van der Waals surface area contributed by atoms with E-state index >= 15 is 0 Å². The summed E-state index contributed by atoms with van der Waals surface area (Å²) >= 11 is 0. The molecule has 0 amide bonds. The predicted molar refractivity (Wildman–Crippen MR) is 71.8 cm³/mol. The maximum Gasteiger partial charge on any atom is 0.0622 e. The third-order valence-corrected chi connectivity index (χ3v) is 3.09. The van der Waals surface area contributed by atoms with E-state index < -0.39 is 0 Å². The molecule has 16 heavy (non-hydrogen) atoms. The van der Waals surface area contributed by atoms with Gasteiger partial charge in [0, 0.05) is 12.6 Å². The van der Waals surface area contributed by atoms with Gasteiger partial charge in [-0.05, 0) is 24.3 Å². The van der Waals surface area contributed by atoms with E-state index in [1.165, 1.54) is 6.42 Å². The first kappa shape index (κ1) is 15.9. The Labute approximate surface area is 102 Å². The Kier molecular flexibility index (Phi) is 8.04. The highest BCUT2D eigenvalue weighted by Crippen LogP contribution is 2.18. The molecule has 0 saturated carbocycles. The van der Waals surface area contributed by atoms with Crippen LogP contribution in [0.25, 0.3) is 0 Å². The molecule has 2 heteroatoms. The molecule has 1 N–H and O–H groups in total. The second-order valence-corrected chi connectivity index (χ2v) is 5.94. The number of nitrogens with one attached hydrogen (secondary N) is 1. The molecule has 0 fully saturated rings. The molecule has 98 valence electrons. The Balaban J connectivity index is 3.76. The van der Waals surface area contributed by atoms with Gasteiger partial charge in [-0.3, -0.25) is 0 Å². The Morgan fingerprint density at radius 3 is 2.25 bits per heavy atom. The van der Waals surface area contributed by atoms with Gasteiger partial charge in [-0.15, -0.1) is 0 Å². The third kappa shape index (κ3) is 8.12. The van der Waals surface area contributed by atoms with Crippen LogP contribution in [-0.4, -0.2) is 25.8 Å². The van der Waals surface area contributed by atoms with Crippen molar-refractivity contribution in [1.82, 2.24) is 5.32 Å². The van der Waals surface area contributed by atoms with Gasteiger partial charge in [0.25, 0.3) is 0 Å². The Bertz CT molecular complexity index is 163. The molecule has 0 aliphatic carbocycles. The van der Waals surface area contributed by atoms with E-state index in [9.17, 15) is 0 Å². The van der Waals surface area contributed by atoms with Crippen molar-refractivity contribution in [3.8, 4) is 0 Å². The molecule has 0 aliphatic heterocycles. The molecule has 2 atom stereocenters. The second-order valence-electron chi connectivity index (χ2n) is 5.94. The molecule has 0 aromatic carbocycles. The van der Waals surface area contributed by atoms with Gasteiger partial charge in [-0.1, -0.05) is 48.0 Å². The molecule has 2 nitrogen and oxygen atoms in total. The first-order valence-electron chi connectivity index (χ1n) is 6.71. The van der Waals surface area contributed by atoms with Gasteiger partial charge in [-0.2, -0.15) is 0 Å². The van der Waals surface area contributed by atoms with Crippen molar-refractivity contribution < 1.29 is 4.74 Å². The van der Waals surface area contributed by atoms with Gasteiger partial charge in [0.1, 0.15) is 0 Å². The largest absolute Gasteiger partial charge is 0.380 e. The van der Waals surface area contributed by atoms with Crippen LogP contribution in [0.5, 0.6) is 0 Å². The molecule has 0 spiro atoms. The average Bonchev–Trinajstić information content (AvgIpc) is 2.20. The topological polar surface area (TPSA) is 21.3 Å². The fraction of sp³-hybridized carbons (Fsp3) is 1.00. The fourth-order valence-electron chi connectivity index (χ4n) is 1.56. The van der Waals surface area contributed by atoms with Crippen molar-refractivity contribution in [2.75, 3.05) is 19.8 Å². The van der Waals surface area contributed by atoms with Crippen LogP contribution in [0, 0.1) is 11.3 Å². The zero-order chi connectivity index (χ0) is 12.6. The highest BCUT2D eigenvalue weighted by Gasteiger charge is 2.15. The molecule has 0 heterocycles. The minimum Gasteiger partial charge on any atom is -0.380 e. The molecule has 0 radical (unpaired) electrons. The summed E-state index contributed by atoms with van der Waals surface area (Å²) < 4.78 is 5.78. The number of hydrogen-bond acceptors (Lipinski definition) is 2. The van der Waals surface area contributed by atoms with Crippen molar-refractivity contribution >= 4 is 0 Å². The van der Waals surface area contributed by atoms with Crippen LogP contribution in [0.3, 0.4) is 0 Å². The fourth-order valence-corrected chi connectivity index (χ4v) is 1.56. The monoisotopic (exact) mass is 229 g/mol. The van der Waals surface area contributed by atoms with Gasteiger partial charge < -0.3 is 10.1 Å². The van der Waals surface area contributed by atoms with Gasteiger partial charge in [0.05, 0.1) is 6.61 Å². The zero-order valence-electron chi connectivity index (χ0n) is 12.1. The number of hydrogen-bond donors (Lipinski definition) is 1. The highest BCUT2D eigenvalue weighted by molar-refractivity contribution is 4.71. The zero-order valence-corrected chi connectivity index (χ0v) is 12.1. The molecule has 0 bridgehead atoms. The lowest BCUT2D eigenvalue weighted by Crippen LogP contribution is -2.38. The lowest BCUT2D eigenvalue weighted by Gasteiger charge is -2.25. The predicted octanol–water partition coefficient (Wildman–Crippen LogP) is 3.46. The van der Waals surface area contributed by atoms with E-state index in [1.807, 2.05) is 0 Å². The third-order valence-electron chi connectivity index (χ3n) is 3.09. The maximum absolute atomic E-state index is 5.78. The summed E-state index contributed by atoms with van der Waals surface area (Å²) in [6.45, 7) is 16.2. The minimum atomic E-state index is 0.379. The van der Waals surface area contributed by atoms with Gasteiger partial charge in [0.2, 0.25) is 0 Å². The molecular weight excluding hydrogens is 198 g/mol. The highest BCUT2D eigenvalue weighted by atomic mass is 16.5. The van der Waals surface area contributed by atoms with Crippen LogP contribution in [0.15, 0.2) is 0 Å². The molecular formula is C14H31NO. The molecule has 0 aromatic heterocycles. The average molecular weight is 229 g/mol. The van der Waals surface area contributed by atoms with Crippen LogP contribution in [0.4, 0.5) is 0 Å². The van der Waals surface area contributed by atoms with Gasteiger partial charge in [0.15, 0.2) is 0 Å². The van der Waals surface area contributed by atoms with Crippen molar-refractivity contribution in [1.29, 1.82) is 0 Å². The van der Waals surface area contributed by atoms with Crippen molar-refractivity contribution in [2.45, 2.75) is 60.4 Å². The summed E-state index contributed by atoms with van der Waals surface area (Å²) in [5.41, 5.74) is 0.379. The molecule has 2 unspecified atom stereocenters. The standard InChI is InChI=1S/C14H31NO/c1-7-12(3)13(15-8-2)11-16-10-9-14(4,5)6/h12-13,15H,7-11H2,1-6H3. The van der Waals surface area contributed by atoms with E-state index in [0.717, 1.165) is 26.2 Å². The summed E-state index contributed by atoms with van der Waals surface area (Å²) in [6, 6.07) is 0.509. The Hall–Kier alpha value is -0.0800. The van der Waals surface area contributed by atoms with E-state index in [4.69, 9.17) is 4.74 Å². The number of ether oxygens (including phenoxy) is 1. The lowest BCUT2D eigenvalue weighted by atomic mass is 9.93. The van der Waals surface area contributed by atoms with Crippen molar-refractivity contribution in [3.63, 3.8) is 0 Å². The summed E-state index contributed by atoms with van der Waals surface area (Å²) in [5.74, 6) is 0.689. The second kappa shape index (κ2) is 8.08. The Morgan fingerprint density at radius 2 is 1.81 bits per heavy atom. The molecule has 0 saturated heterocycles. The number of likely N-dealkylation sites (N-methyl/N-ethyl adjacent to an activating group) is 1. The van der Waals surface area contributed by atoms with E-state index in [1.54, 1.807) is 0 Å². The summed E-state index contributed by atoms with van der Waals surface area (Å²) in [7, 11) is 0. The van der Waals surface area contributed by atoms with Crippen LogP contribution in [0.2, 0.25) is 0 Å². The van der Waals surface area contributed by atoms with Crippen molar-refractivity contribution in [2.24, 2.45) is 11.3 Å². The van der Waals surface area contributed by atoms with Crippen molar-refractivity contribution in [3.05, 3.63) is 0 Å². The Morgan fingerprint density at radius 1 is 1.19 bits per heavy atom. The maximum atomic E-state index is 5.78. The van der Waals surface area contributed by atoms with Crippen LogP contribution >= 0.6 is 0 Å². The number of rotatable bonds is 8. The molecule has 0 aliphatic rings. The summed E-state index contributed by atoms with van der Waals surface area (Å²) in [4.78, 5) is 0. The van der Waals surface area contributed by atoms with E-state index in [2.05, 4.69) is 46.9 Å². The van der Waals surface area contributed by atoms with E-state index in [-0.39, 0.29) is 0 Å². The normalized spacial score (nSPS) is 16.1. The quantitative estimate of drug-likeness (QED) is 0.644. The van der Waals surface area contributed by atoms with Crippen LogP contribution in [-0.2, 0) is 4.74 Å². The van der Waals surface area contributed by atoms with Crippen LogP contribution in [0.1, 0.15) is 54.4 Å². The summed E-state index contributed by atoms with van der Waals surface area (Å²) in [5, 5.41) is 3.51. The van der Waals surface area contributed by atoms with Gasteiger partial charge >= 0.3 is 0 Å². The van der Waals surface area contributed by atoms with E-state index in [0.29, 0.717) is 17.4 Å². The molecule has 0 aromatic rings. The van der Waals surface area contributed by atoms with Crippen LogP contribution < -0.4 is 5.32 Å². The molecule has 0 rings (SSSR count).